The fourth-order valence-corrected chi connectivity index (χ4v) is 2.96. The van der Waals surface area contributed by atoms with Crippen molar-refractivity contribution in [3.63, 3.8) is 0 Å². The summed E-state index contributed by atoms with van der Waals surface area (Å²) in [6.45, 7) is 0.831. The van der Waals surface area contributed by atoms with Crippen molar-refractivity contribution >= 4 is 17.3 Å². The van der Waals surface area contributed by atoms with Crippen LogP contribution in [0.15, 0.2) is 60.8 Å². The van der Waals surface area contributed by atoms with Crippen molar-refractivity contribution in [3.05, 3.63) is 76.5 Å². The normalized spacial score (nSPS) is 12.9. The van der Waals surface area contributed by atoms with E-state index in [1.807, 2.05) is 18.2 Å². The average molecular weight is 318 g/mol. The number of para-hydroxylation sites is 1. The molecule has 0 unspecified atom stereocenters. The predicted molar refractivity (Wildman–Crippen MR) is 91.3 cm³/mol. The summed E-state index contributed by atoms with van der Waals surface area (Å²) in [5.41, 5.74) is 3.84. The van der Waals surface area contributed by atoms with Crippen molar-refractivity contribution < 1.29 is 4.92 Å². The van der Waals surface area contributed by atoms with Crippen molar-refractivity contribution in [2.45, 2.75) is 6.42 Å². The van der Waals surface area contributed by atoms with Gasteiger partial charge in [0.2, 0.25) is 5.95 Å². The molecule has 0 fully saturated rings. The van der Waals surface area contributed by atoms with Crippen molar-refractivity contribution in [1.82, 2.24) is 9.97 Å². The standard InChI is InChI=1S/C18H14N4O2/c23-22(24)15-6-3-5-14(12-15)16-8-10-19-18(20-16)21-11-9-13-4-1-2-7-17(13)21/h1-8,10,12H,9,11H2. The zero-order valence-electron chi connectivity index (χ0n) is 12.8. The molecule has 0 radical (unpaired) electrons. The summed E-state index contributed by atoms with van der Waals surface area (Å²) in [5, 5.41) is 11.0. The highest BCUT2D eigenvalue weighted by Gasteiger charge is 2.22. The highest BCUT2D eigenvalue weighted by Crippen LogP contribution is 2.33. The van der Waals surface area contributed by atoms with Gasteiger partial charge in [-0.05, 0) is 24.1 Å². The van der Waals surface area contributed by atoms with Gasteiger partial charge in [-0.1, -0.05) is 30.3 Å². The minimum Gasteiger partial charge on any atom is -0.310 e. The van der Waals surface area contributed by atoms with Gasteiger partial charge in [0.1, 0.15) is 0 Å². The third-order valence-corrected chi connectivity index (χ3v) is 4.12. The Morgan fingerprint density at radius 3 is 2.83 bits per heavy atom. The van der Waals surface area contributed by atoms with Crippen LogP contribution in [0.4, 0.5) is 17.3 Å². The van der Waals surface area contributed by atoms with E-state index in [-0.39, 0.29) is 5.69 Å². The number of hydrogen-bond acceptors (Lipinski definition) is 5. The van der Waals surface area contributed by atoms with Gasteiger partial charge in [0.25, 0.3) is 5.69 Å². The topological polar surface area (TPSA) is 72.2 Å². The largest absolute Gasteiger partial charge is 0.310 e. The van der Waals surface area contributed by atoms with Gasteiger partial charge in [-0.25, -0.2) is 9.97 Å². The lowest BCUT2D eigenvalue weighted by atomic mass is 10.1. The Morgan fingerprint density at radius 1 is 1.08 bits per heavy atom. The number of anilines is 2. The maximum atomic E-state index is 11.0. The minimum atomic E-state index is -0.400. The molecule has 0 aliphatic carbocycles. The minimum absolute atomic E-state index is 0.0548. The predicted octanol–water partition coefficient (Wildman–Crippen LogP) is 3.75. The smallest absolute Gasteiger partial charge is 0.270 e. The molecule has 2 aromatic carbocycles. The van der Waals surface area contributed by atoms with Crippen LogP contribution in [0, 0.1) is 10.1 Å². The number of non-ortho nitro benzene ring substituents is 1. The molecule has 0 bridgehead atoms. The summed E-state index contributed by atoms with van der Waals surface area (Å²) in [6.07, 6.45) is 2.65. The Hall–Kier alpha value is -3.28. The number of fused-ring (bicyclic) bond motifs is 1. The van der Waals surface area contributed by atoms with Gasteiger partial charge in [0.15, 0.2) is 0 Å². The average Bonchev–Trinajstić information content (AvgIpc) is 3.06. The first kappa shape index (κ1) is 14.3. The summed E-state index contributed by atoms with van der Waals surface area (Å²) < 4.78 is 0. The summed E-state index contributed by atoms with van der Waals surface area (Å²) in [5.74, 6) is 0.615. The van der Waals surface area contributed by atoms with Gasteiger partial charge in [0, 0.05) is 36.1 Å². The fourth-order valence-electron chi connectivity index (χ4n) is 2.96. The van der Waals surface area contributed by atoms with E-state index >= 15 is 0 Å². The number of nitrogens with zero attached hydrogens (tertiary/aromatic N) is 4. The third-order valence-electron chi connectivity index (χ3n) is 4.12. The summed E-state index contributed by atoms with van der Waals surface area (Å²) in [6, 6.07) is 16.5. The number of hydrogen-bond donors (Lipinski definition) is 0. The van der Waals surface area contributed by atoms with Crippen LogP contribution in [0.1, 0.15) is 5.56 Å². The molecule has 1 aliphatic rings. The molecule has 0 N–H and O–H groups in total. The SMILES string of the molecule is O=[N+]([O-])c1cccc(-c2ccnc(N3CCc4ccccc43)n2)c1. The zero-order valence-corrected chi connectivity index (χ0v) is 12.8. The Labute approximate surface area is 138 Å². The van der Waals surface area contributed by atoms with Gasteiger partial charge in [-0.2, -0.15) is 0 Å². The molecule has 6 nitrogen and oxygen atoms in total. The highest BCUT2D eigenvalue weighted by molar-refractivity contribution is 5.68. The Kier molecular flexibility index (Phi) is 3.42. The Bertz CT molecular complexity index is 926. The van der Waals surface area contributed by atoms with E-state index in [0.717, 1.165) is 18.7 Å². The molecule has 0 saturated carbocycles. The summed E-state index contributed by atoms with van der Waals surface area (Å²) in [4.78, 5) is 21.6. The Balaban J connectivity index is 1.73. The van der Waals surface area contributed by atoms with E-state index in [9.17, 15) is 10.1 Å². The number of nitro benzene ring substituents is 1. The second kappa shape index (κ2) is 5.73. The second-order valence-electron chi connectivity index (χ2n) is 5.58. The molecule has 0 spiro atoms. The molecular formula is C18H14N4O2. The van der Waals surface area contributed by atoms with Crippen LogP contribution in [0.3, 0.4) is 0 Å². The van der Waals surface area contributed by atoms with Gasteiger partial charge < -0.3 is 4.90 Å². The third kappa shape index (κ3) is 2.48. The van der Waals surface area contributed by atoms with E-state index in [1.165, 1.54) is 17.7 Å². The molecule has 3 aromatic rings. The quantitative estimate of drug-likeness (QED) is 0.543. The van der Waals surface area contributed by atoms with E-state index in [4.69, 9.17) is 0 Å². The van der Waals surface area contributed by atoms with Crippen LogP contribution >= 0.6 is 0 Å². The van der Waals surface area contributed by atoms with E-state index in [1.54, 1.807) is 18.3 Å². The first-order valence-corrected chi connectivity index (χ1v) is 7.66. The first-order chi connectivity index (χ1) is 11.7. The lowest BCUT2D eigenvalue weighted by Crippen LogP contribution is -2.16. The van der Waals surface area contributed by atoms with Crippen LogP contribution in [0.25, 0.3) is 11.3 Å². The number of benzene rings is 2. The van der Waals surface area contributed by atoms with Crippen LogP contribution in [0.2, 0.25) is 0 Å². The molecule has 4 rings (SSSR count). The molecule has 0 atom stereocenters. The Morgan fingerprint density at radius 2 is 1.96 bits per heavy atom. The fraction of sp³-hybridized carbons (Fsp3) is 0.111. The summed E-state index contributed by atoms with van der Waals surface area (Å²) >= 11 is 0. The van der Waals surface area contributed by atoms with Crippen LogP contribution in [0.5, 0.6) is 0 Å². The van der Waals surface area contributed by atoms with Crippen molar-refractivity contribution in [2.75, 3.05) is 11.4 Å². The summed E-state index contributed by atoms with van der Waals surface area (Å²) in [7, 11) is 0. The van der Waals surface area contributed by atoms with Crippen molar-refractivity contribution in [2.24, 2.45) is 0 Å². The monoisotopic (exact) mass is 318 g/mol. The lowest BCUT2D eigenvalue weighted by Gasteiger charge is -2.17. The molecule has 2 heterocycles. The number of rotatable bonds is 3. The second-order valence-corrected chi connectivity index (χ2v) is 5.58. The first-order valence-electron chi connectivity index (χ1n) is 7.66. The molecule has 1 aliphatic heterocycles. The molecule has 1 aromatic heterocycles. The van der Waals surface area contributed by atoms with Crippen LogP contribution in [-0.4, -0.2) is 21.4 Å². The highest BCUT2D eigenvalue weighted by atomic mass is 16.6. The lowest BCUT2D eigenvalue weighted by molar-refractivity contribution is -0.384. The molecule has 0 amide bonds. The van der Waals surface area contributed by atoms with Gasteiger partial charge >= 0.3 is 0 Å². The van der Waals surface area contributed by atoms with Gasteiger partial charge in [-0.3, -0.25) is 10.1 Å². The van der Waals surface area contributed by atoms with E-state index in [0.29, 0.717) is 17.2 Å². The van der Waals surface area contributed by atoms with Crippen molar-refractivity contribution in [3.8, 4) is 11.3 Å². The number of aromatic nitrogens is 2. The molecule has 24 heavy (non-hydrogen) atoms. The maximum Gasteiger partial charge on any atom is 0.270 e. The van der Waals surface area contributed by atoms with Crippen LogP contribution in [-0.2, 0) is 6.42 Å². The molecule has 118 valence electrons. The van der Waals surface area contributed by atoms with E-state index in [2.05, 4.69) is 27.0 Å². The molecule has 6 heteroatoms. The zero-order chi connectivity index (χ0) is 16.5. The van der Waals surface area contributed by atoms with Gasteiger partial charge in [0.05, 0.1) is 10.6 Å². The van der Waals surface area contributed by atoms with E-state index < -0.39 is 4.92 Å². The maximum absolute atomic E-state index is 11.0. The van der Waals surface area contributed by atoms with Crippen LogP contribution < -0.4 is 4.90 Å². The molecular weight excluding hydrogens is 304 g/mol. The number of nitro groups is 1. The molecule has 0 saturated heterocycles. The van der Waals surface area contributed by atoms with Gasteiger partial charge in [-0.15, -0.1) is 0 Å². The van der Waals surface area contributed by atoms with Crippen molar-refractivity contribution in [1.29, 1.82) is 0 Å².